The van der Waals surface area contributed by atoms with Crippen LogP contribution in [0, 0.1) is 6.92 Å². The normalized spacial score (nSPS) is 13.7. The zero-order chi connectivity index (χ0) is 26.3. The summed E-state index contributed by atoms with van der Waals surface area (Å²) in [7, 11) is -3.68. The summed E-state index contributed by atoms with van der Waals surface area (Å²) in [5.41, 5.74) is 6.13. The minimum Gasteiger partial charge on any atom is -0.294 e. The van der Waals surface area contributed by atoms with Crippen molar-refractivity contribution in [2.24, 2.45) is 0 Å². The molecule has 8 rings (SSSR count). The van der Waals surface area contributed by atoms with Crippen molar-refractivity contribution >= 4 is 42.4 Å². The smallest absolute Gasteiger partial charge is 0.210 e. The van der Waals surface area contributed by atoms with Gasteiger partial charge in [0.2, 0.25) is 9.84 Å². The molecule has 4 nitrogen and oxygen atoms in total. The van der Waals surface area contributed by atoms with Crippen molar-refractivity contribution in [1.29, 1.82) is 0 Å². The van der Waals surface area contributed by atoms with Gasteiger partial charge < -0.3 is 0 Å². The lowest BCUT2D eigenvalue weighted by Crippen LogP contribution is -2.15. The summed E-state index contributed by atoms with van der Waals surface area (Å²) in [6.07, 6.45) is 0. The maximum Gasteiger partial charge on any atom is 0.210 e. The molecular formula is C34H22N2O2S. The average Bonchev–Trinajstić information content (AvgIpc) is 3.31. The quantitative estimate of drug-likeness (QED) is 0.215. The Kier molecular flexibility index (Phi) is 4.50. The Morgan fingerprint density at radius 1 is 0.615 bits per heavy atom. The van der Waals surface area contributed by atoms with Gasteiger partial charge in [0.1, 0.15) is 5.82 Å². The molecule has 0 bridgehead atoms. The lowest BCUT2D eigenvalue weighted by atomic mass is 9.92. The molecule has 2 heterocycles. The van der Waals surface area contributed by atoms with Crippen molar-refractivity contribution < 1.29 is 8.42 Å². The molecule has 0 spiro atoms. The van der Waals surface area contributed by atoms with Gasteiger partial charge >= 0.3 is 0 Å². The van der Waals surface area contributed by atoms with E-state index >= 15 is 0 Å². The number of imidazole rings is 1. The monoisotopic (exact) mass is 522 g/mol. The number of para-hydroxylation sites is 1. The molecule has 1 aliphatic rings. The lowest BCUT2D eigenvalue weighted by molar-refractivity contribution is 0.594. The molecular weight excluding hydrogens is 500 g/mol. The van der Waals surface area contributed by atoms with Crippen LogP contribution in [0.1, 0.15) is 5.82 Å². The van der Waals surface area contributed by atoms with Gasteiger partial charge in [-0.15, -0.1) is 0 Å². The Balaban J connectivity index is 1.26. The van der Waals surface area contributed by atoms with Gasteiger partial charge in [0.15, 0.2) is 0 Å². The second-order valence-electron chi connectivity index (χ2n) is 10.1. The van der Waals surface area contributed by atoms with E-state index in [1.165, 1.54) is 27.1 Å². The number of nitrogens with zero attached hydrogens (tertiary/aromatic N) is 2. The van der Waals surface area contributed by atoms with Crippen molar-refractivity contribution in [2.45, 2.75) is 16.7 Å². The number of fused-ring (bicyclic) bond motifs is 5. The fourth-order valence-corrected chi connectivity index (χ4v) is 7.73. The summed E-state index contributed by atoms with van der Waals surface area (Å²) < 4.78 is 29.4. The van der Waals surface area contributed by atoms with Crippen LogP contribution in [-0.2, 0) is 9.84 Å². The molecule has 5 heteroatoms. The van der Waals surface area contributed by atoms with E-state index < -0.39 is 9.84 Å². The standard InChI is InChI=1S/C34H22N2O2S/c1-21-35-30-11-6-12-32-34(30)36(21)31-18-17-24(20-33(31)39(32,37)38)22-13-15-23(16-14-22)29-19-25-7-2-3-8-26(25)27-9-4-5-10-28(27)29/h2-20H,1H3. The van der Waals surface area contributed by atoms with Crippen molar-refractivity contribution in [2.75, 3.05) is 0 Å². The zero-order valence-electron chi connectivity index (χ0n) is 21.1. The molecule has 0 fully saturated rings. The maximum atomic E-state index is 13.7. The molecule has 0 radical (unpaired) electrons. The van der Waals surface area contributed by atoms with E-state index in [4.69, 9.17) is 0 Å². The highest BCUT2D eigenvalue weighted by Gasteiger charge is 2.32. The Hall–Kier alpha value is -4.74. The van der Waals surface area contributed by atoms with Gasteiger partial charge in [0.25, 0.3) is 0 Å². The number of rotatable bonds is 2. The summed E-state index contributed by atoms with van der Waals surface area (Å²) in [5.74, 6) is 0.772. The predicted octanol–water partition coefficient (Wildman–Crippen LogP) is 8.12. The van der Waals surface area contributed by atoms with Gasteiger partial charge in [-0.25, -0.2) is 13.4 Å². The first-order chi connectivity index (χ1) is 19.0. The van der Waals surface area contributed by atoms with Crippen molar-refractivity contribution in [1.82, 2.24) is 9.55 Å². The highest BCUT2D eigenvalue weighted by Crippen LogP contribution is 2.41. The minimum atomic E-state index is -3.68. The summed E-state index contributed by atoms with van der Waals surface area (Å²) in [6, 6.07) is 38.6. The topological polar surface area (TPSA) is 52.0 Å². The fourth-order valence-electron chi connectivity index (χ4n) is 6.07. The first kappa shape index (κ1) is 22.3. The van der Waals surface area contributed by atoms with Crippen LogP contribution in [0.5, 0.6) is 0 Å². The van der Waals surface area contributed by atoms with Crippen LogP contribution in [0.4, 0.5) is 0 Å². The molecule has 39 heavy (non-hydrogen) atoms. The van der Waals surface area contributed by atoms with E-state index in [-0.39, 0.29) is 0 Å². The van der Waals surface area contributed by atoms with E-state index in [1.807, 2.05) is 29.7 Å². The molecule has 0 aliphatic carbocycles. The Bertz CT molecular complexity index is 2240. The lowest BCUT2D eigenvalue weighted by Gasteiger charge is -2.21. The van der Waals surface area contributed by atoms with Crippen LogP contribution in [-0.4, -0.2) is 18.0 Å². The maximum absolute atomic E-state index is 13.7. The first-order valence-corrected chi connectivity index (χ1v) is 14.4. The molecule has 0 saturated carbocycles. The van der Waals surface area contributed by atoms with Gasteiger partial charge in [-0.3, -0.25) is 4.57 Å². The van der Waals surface area contributed by atoms with Crippen molar-refractivity contribution in [3.8, 4) is 27.9 Å². The molecule has 0 atom stereocenters. The molecule has 0 unspecified atom stereocenters. The summed E-state index contributed by atoms with van der Waals surface area (Å²) in [5, 5.41) is 4.90. The van der Waals surface area contributed by atoms with Gasteiger partial charge in [0, 0.05) is 0 Å². The second kappa shape index (κ2) is 7.88. The number of benzene rings is 6. The van der Waals surface area contributed by atoms with Crippen LogP contribution in [0.15, 0.2) is 125 Å². The third kappa shape index (κ3) is 3.11. The number of aryl methyl sites for hydroxylation is 1. The first-order valence-electron chi connectivity index (χ1n) is 12.9. The van der Waals surface area contributed by atoms with Crippen molar-refractivity contribution in [3.05, 3.63) is 121 Å². The number of aromatic nitrogens is 2. The van der Waals surface area contributed by atoms with Gasteiger partial charge in [0.05, 0.1) is 26.5 Å². The Morgan fingerprint density at radius 2 is 1.31 bits per heavy atom. The molecule has 0 N–H and O–H groups in total. The molecule has 186 valence electrons. The van der Waals surface area contributed by atoms with Crippen LogP contribution in [0.2, 0.25) is 0 Å². The van der Waals surface area contributed by atoms with E-state index in [1.54, 1.807) is 18.2 Å². The van der Waals surface area contributed by atoms with Gasteiger partial charge in [-0.2, -0.15) is 0 Å². The summed E-state index contributed by atoms with van der Waals surface area (Å²) in [6.45, 7) is 1.91. The fraction of sp³-hybridized carbons (Fsp3) is 0.0294. The Morgan fingerprint density at radius 3 is 2.13 bits per heavy atom. The summed E-state index contributed by atoms with van der Waals surface area (Å²) in [4.78, 5) is 5.23. The average molecular weight is 523 g/mol. The van der Waals surface area contributed by atoms with Crippen LogP contribution >= 0.6 is 0 Å². The number of sulfone groups is 1. The Labute approximate surface area is 225 Å². The molecule has 0 saturated heterocycles. The predicted molar refractivity (Wildman–Crippen MR) is 157 cm³/mol. The molecule has 1 aliphatic heterocycles. The molecule has 1 aromatic heterocycles. The second-order valence-corrected chi connectivity index (χ2v) is 12.0. The van der Waals surface area contributed by atoms with Gasteiger partial charge in [-0.05, 0) is 81.1 Å². The van der Waals surface area contributed by atoms with Crippen LogP contribution in [0.25, 0.3) is 60.5 Å². The molecule has 6 aromatic carbocycles. The largest absolute Gasteiger partial charge is 0.294 e. The van der Waals surface area contributed by atoms with E-state index in [2.05, 4.69) is 83.8 Å². The highest BCUT2D eigenvalue weighted by atomic mass is 32.2. The van der Waals surface area contributed by atoms with Crippen molar-refractivity contribution in [3.63, 3.8) is 0 Å². The summed E-state index contributed by atoms with van der Waals surface area (Å²) >= 11 is 0. The minimum absolute atomic E-state index is 0.309. The van der Waals surface area contributed by atoms with Gasteiger partial charge in [-0.1, -0.05) is 84.9 Å². The zero-order valence-corrected chi connectivity index (χ0v) is 21.9. The van der Waals surface area contributed by atoms with Crippen LogP contribution < -0.4 is 0 Å². The third-order valence-corrected chi connectivity index (χ3v) is 9.70. The third-order valence-electron chi connectivity index (χ3n) is 7.88. The SMILES string of the molecule is Cc1nc2cccc3c2n1-c1ccc(-c2ccc(-c4cc5ccccc5c5ccccc45)cc2)cc1S3(=O)=O. The number of hydrogen-bond donors (Lipinski definition) is 0. The molecule has 0 amide bonds. The van der Waals surface area contributed by atoms with E-state index in [0.717, 1.165) is 22.5 Å². The van der Waals surface area contributed by atoms with E-state index in [9.17, 15) is 8.42 Å². The van der Waals surface area contributed by atoms with E-state index in [0.29, 0.717) is 26.5 Å². The molecule has 7 aromatic rings. The van der Waals surface area contributed by atoms with Crippen LogP contribution in [0.3, 0.4) is 0 Å². The highest BCUT2D eigenvalue weighted by molar-refractivity contribution is 7.92. The number of hydrogen-bond acceptors (Lipinski definition) is 3.